The topological polar surface area (TPSA) is 90.5 Å². The predicted molar refractivity (Wildman–Crippen MR) is 133 cm³/mol. The Balaban J connectivity index is 1.64. The van der Waals surface area contributed by atoms with E-state index in [4.69, 9.17) is 23.2 Å². The molecular weight excluding hydrogens is 483 g/mol. The van der Waals surface area contributed by atoms with Gasteiger partial charge in [-0.1, -0.05) is 35.3 Å². The predicted octanol–water partition coefficient (Wildman–Crippen LogP) is 3.94. The number of rotatable bonds is 11. The van der Waals surface area contributed by atoms with Crippen LogP contribution in [-0.2, 0) is 16.8 Å². The van der Waals surface area contributed by atoms with E-state index in [1.54, 1.807) is 48.5 Å². The fourth-order valence-electron chi connectivity index (χ4n) is 3.83. The highest BCUT2D eigenvalue weighted by Gasteiger charge is 2.29. The van der Waals surface area contributed by atoms with Crippen LogP contribution < -0.4 is 15.4 Å². The van der Waals surface area contributed by atoms with Crippen LogP contribution in [0.4, 0.5) is 0 Å². The molecule has 0 saturated carbocycles. The van der Waals surface area contributed by atoms with E-state index in [0.29, 0.717) is 22.0 Å². The Morgan fingerprint density at radius 2 is 1.73 bits per heavy atom. The van der Waals surface area contributed by atoms with Gasteiger partial charge in [0.25, 0.3) is 16.1 Å². The normalized spacial score (nSPS) is 18.5. The second-order valence-electron chi connectivity index (χ2n) is 8.49. The summed E-state index contributed by atoms with van der Waals surface area (Å²) in [4.78, 5) is 12.5. The van der Waals surface area contributed by atoms with Crippen LogP contribution in [0.25, 0.3) is 0 Å². The van der Waals surface area contributed by atoms with E-state index in [9.17, 15) is 13.2 Å². The van der Waals surface area contributed by atoms with Crippen molar-refractivity contribution in [2.45, 2.75) is 44.7 Å². The van der Waals surface area contributed by atoms with Gasteiger partial charge in [0.05, 0.1) is 6.67 Å². The monoisotopic (exact) mass is 512 g/mol. The minimum atomic E-state index is -3.84. The van der Waals surface area contributed by atoms with Crippen LogP contribution in [0.3, 0.4) is 0 Å². The summed E-state index contributed by atoms with van der Waals surface area (Å²) in [6.07, 6.45) is 3.71. The van der Waals surface area contributed by atoms with E-state index in [2.05, 4.69) is 22.3 Å². The third-order valence-corrected chi connectivity index (χ3v) is 7.83. The first-order chi connectivity index (χ1) is 15.7. The van der Waals surface area contributed by atoms with Crippen LogP contribution in [0.2, 0.25) is 10.0 Å². The lowest BCUT2D eigenvalue weighted by atomic mass is 9.94. The lowest BCUT2D eigenvalue weighted by Crippen LogP contribution is -2.47. The number of nitrogens with zero attached hydrogens (tertiary/aromatic N) is 1. The molecule has 33 heavy (non-hydrogen) atoms. The maximum atomic E-state index is 13.1. The third-order valence-electron chi connectivity index (χ3n) is 5.83. The van der Waals surface area contributed by atoms with Gasteiger partial charge >= 0.3 is 0 Å². The number of carbonyl (C=O) groups is 1. The lowest BCUT2D eigenvalue weighted by molar-refractivity contribution is 0.0940. The number of hydrogen-bond donors (Lipinski definition) is 3. The summed E-state index contributed by atoms with van der Waals surface area (Å²) in [6, 6.07) is 13.4. The standard InChI is InChI=1S/C23H30Cl2N4O3S/c1-23(12-2-14-27-23)13-3-15-29(17-26-22(30)19-6-10-21(25)11-7-19)33(31,32)28-16-18-4-8-20(24)9-5-18/h4-11,27-28H,2-3,12-17H2,1H3,(H,26,30)/t23-/m0/s1. The van der Waals surface area contributed by atoms with Gasteiger partial charge in [-0.15, -0.1) is 0 Å². The quantitative estimate of drug-likeness (QED) is 0.397. The molecule has 2 aromatic carbocycles. The summed E-state index contributed by atoms with van der Waals surface area (Å²) in [5.41, 5.74) is 1.22. The SMILES string of the molecule is C[C@@]1(CCCN(CNC(=O)c2ccc(Cl)cc2)S(=O)(=O)NCc2ccc(Cl)cc2)CCCN1. The molecule has 1 amide bonds. The fraction of sp³-hybridized carbons (Fsp3) is 0.435. The molecule has 3 N–H and O–H groups in total. The molecular formula is C23H30Cl2N4O3S. The Hall–Kier alpha value is -1.68. The van der Waals surface area contributed by atoms with Gasteiger partial charge in [0.1, 0.15) is 0 Å². The Kier molecular flexibility index (Phi) is 9.15. The molecule has 0 aliphatic carbocycles. The fourth-order valence-corrected chi connectivity index (χ4v) is 5.22. The van der Waals surface area contributed by atoms with Gasteiger partial charge in [0.15, 0.2) is 0 Å². The number of nitrogens with one attached hydrogen (secondary N) is 3. The highest BCUT2D eigenvalue weighted by molar-refractivity contribution is 7.87. The molecule has 0 radical (unpaired) electrons. The van der Waals surface area contributed by atoms with Crippen molar-refractivity contribution in [1.82, 2.24) is 19.7 Å². The van der Waals surface area contributed by atoms with Crippen molar-refractivity contribution in [3.63, 3.8) is 0 Å². The van der Waals surface area contributed by atoms with Crippen molar-refractivity contribution in [3.05, 3.63) is 69.7 Å². The minimum Gasteiger partial charge on any atom is -0.338 e. The molecule has 0 spiro atoms. The van der Waals surface area contributed by atoms with E-state index in [0.717, 1.165) is 31.4 Å². The van der Waals surface area contributed by atoms with Gasteiger partial charge < -0.3 is 10.6 Å². The molecule has 1 heterocycles. The molecule has 0 bridgehead atoms. The molecule has 1 saturated heterocycles. The average molecular weight is 513 g/mol. The van der Waals surface area contributed by atoms with Gasteiger partial charge in [0, 0.05) is 34.2 Å². The first-order valence-electron chi connectivity index (χ1n) is 10.9. The zero-order valence-electron chi connectivity index (χ0n) is 18.6. The van der Waals surface area contributed by atoms with Crippen molar-refractivity contribution in [2.75, 3.05) is 19.8 Å². The van der Waals surface area contributed by atoms with E-state index >= 15 is 0 Å². The summed E-state index contributed by atoms with van der Waals surface area (Å²) >= 11 is 11.8. The van der Waals surface area contributed by atoms with E-state index in [1.807, 2.05) is 0 Å². The zero-order chi connectivity index (χ0) is 23.9. The smallest absolute Gasteiger partial charge is 0.281 e. The Bertz CT molecular complexity index is 1020. The zero-order valence-corrected chi connectivity index (χ0v) is 20.9. The molecule has 1 fully saturated rings. The molecule has 0 aromatic heterocycles. The molecule has 7 nitrogen and oxygen atoms in total. The summed E-state index contributed by atoms with van der Waals surface area (Å²) in [5, 5.41) is 7.32. The number of halogens is 2. The Labute approximate surface area is 206 Å². The maximum Gasteiger partial charge on any atom is 0.281 e. The van der Waals surface area contributed by atoms with Gasteiger partial charge in [-0.25, -0.2) is 0 Å². The molecule has 2 aromatic rings. The number of benzene rings is 2. The molecule has 180 valence electrons. The summed E-state index contributed by atoms with van der Waals surface area (Å²) in [5.74, 6) is -0.367. The first kappa shape index (κ1) is 25.9. The second kappa shape index (κ2) is 11.6. The molecule has 1 aliphatic rings. The van der Waals surface area contributed by atoms with Gasteiger partial charge in [-0.2, -0.15) is 17.4 Å². The van der Waals surface area contributed by atoms with Crippen LogP contribution in [0, 0.1) is 0 Å². The first-order valence-corrected chi connectivity index (χ1v) is 13.1. The van der Waals surface area contributed by atoms with E-state index in [-0.39, 0.29) is 31.2 Å². The Morgan fingerprint density at radius 3 is 2.33 bits per heavy atom. The second-order valence-corrected chi connectivity index (χ2v) is 11.1. The molecule has 3 rings (SSSR count). The number of amides is 1. The van der Waals surface area contributed by atoms with E-state index in [1.165, 1.54) is 4.31 Å². The highest BCUT2D eigenvalue weighted by atomic mass is 35.5. The van der Waals surface area contributed by atoms with Crippen molar-refractivity contribution < 1.29 is 13.2 Å². The summed E-state index contributed by atoms with van der Waals surface area (Å²) in [6.45, 7) is 3.42. The lowest BCUT2D eigenvalue weighted by Gasteiger charge is -2.27. The number of carbonyl (C=O) groups excluding carboxylic acids is 1. The molecule has 1 aliphatic heterocycles. The molecule has 0 unspecified atom stereocenters. The van der Waals surface area contributed by atoms with Crippen LogP contribution >= 0.6 is 23.2 Å². The highest BCUT2D eigenvalue weighted by Crippen LogP contribution is 2.24. The third kappa shape index (κ3) is 7.95. The minimum absolute atomic E-state index is 0.0265. The van der Waals surface area contributed by atoms with Crippen LogP contribution in [0.15, 0.2) is 48.5 Å². The molecule has 1 atom stereocenters. The van der Waals surface area contributed by atoms with Crippen LogP contribution in [-0.4, -0.2) is 43.9 Å². The van der Waals surface area contributed by atoms with Crippen LogP contribution in [0.5, 0.6) is 0 Å². The largest absolute Gasteiger partial charge is 0.338 e. The summed E-state index contributed by atoms with van der Waals surface area (Å²) < 4.78 is 30.0. The van der Waals surface area contributed by atoms with E-state index < -0.39 is 10.2 Å². The van der Waals surface area contributed by atoms with Crippen LogP contribution in [0.1, 0.15) is 48.5 Å². The van der Waals surface area contributed by atoms with Gasteiger partial charge in [-0.05, 0) is 81.1 Å². The molecule has 10 heteroatoms. The van der Waals surface area contributed by atoms with Gasteiger partial charge in [-0.3, -0.25) is 4.79 Å². The maximum absolute atomic E-state index is 13.1. The Morgan fingerprint density at radius 1 is 1.09 bits per heavy atom. The summed E-state index contributed by atoms with van der Waals surface area (Å²) in [7, 11) is -3.84. The van der Waals surface area contributed by atoms with Crippen molar-refractivity contribution in [3.8, 4) is 0 Å². The van der Waals surface area contributed by atoms with Gasteiger partial charge in [0.2, 0.25) is 0 Å². The average Bonchev–Trinajstić information content (AvgIpc) is 3.22. The van der Waals surface area contributed by atoms with Crippen molar-refractivity contribution in [2.24, 2.45) is 0 Å². The van der Waals surface area contributed by atoms with Crippen molar-refractivity contribution in [1.29, 1.82) is 0 Å². The number of hydrogen-bond acceptors (Lipinski definition) is 4. The van der Waals surface area contributed by atoms with Crippen molar-refractivity contribution >= 4 is 39.3 Å².